The summed E-state index contributed by atoms with van der Waals surface area (Å²) in [7, 11) is 1.55. The van der Waals surface area contributed by atoms with Crippen molar-refractivity contribution in [3.05, 3.63) is 23.9 Å². The molecule has 6 nitrogen and oxygen atoms in total. The number of hydrogen-bond acceptors (Lipinski definition) is 4. The zero-order valence-corrected chi connectivity index (χ0v) is 14.0. The summed E-state index contributed by atoms with van der Waals surface area (Å²) in [5, 5.41) is 1.73. The van der Waals surface area contributed by atoms with E-state index in [1.54, 1.807) is 38.4 Å². The molecule has 0 radical (unpaired) electrons. The quantitative estimate of drug-likeness (QED) is 0.590. The number of aldehydes is 1. The summed E-state index contributed by atoms with van der Waals surface area (Å²) in [6, 6.07) is 0. The number of fused-ring (bicyclic) bond motifs is 2. The molecule has 1 saturated heterocycles. The van der Waals surface area contributed by atoms with Gasteiger partial charge in [-0.2, -0.15) is 13.2 Å². The van der Waals surface area contributed by atoms with Crippen molar-refractivity contribution in [1.29, 1.82) is 0 Å². The van der Waals surface area contributed by atoms with Gasteiger partial charge in [-0.05, 0) is 13.8 Å². The molecule has 2 heterocycles. The van der Waals surface area contributed by atoms with Crippen LogP contribution in [0.25, 0.3) is 0 Å². The largest absolute Gasteiger partial charge is 0.471 e. The number of carbonyl (C=O) groups is 3. The molecule has 2 rings (SSSR count). The fourth-order valence-corrected chi connectivity index (χ4v) is 3.10. The zero-order chi connectivity index (χ0) is 19.0. The van der Waals surface area contributed by atoms with E-state index in [2.05, 4.69) is 0 Å². The number of ether oxygens (including phenoxy) is 1. The van der Waals surface area contributed by atoms with Gasteiger partial charge in [0.05, 0.1) is 24.5 Å². The van der Waals surface area contributed by atoms with E-state index in [1.165, 1.54) is 11.0 Å². The molecule has 4 unspecified atom stereocenters. The molecule has 2 aliphatic heterocycles. The summed E-state index contributed by atoms with van der Waals surface area (Å²) in [6.45, 7) is 2.93. The fraction of sp³-hybridized carbons (Fsp3) is 0.562. The van der Waals surface area contributed by atoms with Crippen LogP contribution in [0.2, 0.25) is 0 Å². The van der Waals surface area contributed by atoms with Gasteiger partial charge in [0.25, 0.3) is 0 Å². The minimum absolute atomic E-state index is 0.369. The van der Waals surface area contributed by atoms with Gasteiger partial charge in [-0.3, -0.25) is 9.59 Å². The number of halogens is 3. The molecule has 2 amide bonds. The van der Waals surface area contributed by atoms with Crippen LogP contribution in [0, 0.1) is 11.8 Å². The number of nitrogens with one attached hydrogen (secondary N) is 1. The van der Waals surface area contributed by atoms with Gasteiger partial charge in [0, 0.05) is 12.7 Å². The van der Waals surface area contributed by atoms with E-state index in [9.17, 15) is 27.6 Å². The Morgan fingerprint density at radius 3 is 2.56 bits per heavy atom. The lowest BCUT2D eigenvalue weighted by atomic mass is 9.75. The Morgan fingerprint density at radius 1 is 1.40 bits per heavy atom. The predicted octanol–water partition coefficient (Wildman–Crippen LogP) is 1.19. The Kier molecular flexibility index (Phi) is 5.08. The zero-order valence-electron chi connectivity index (χ0n) is 14.0. The highest BCUT2D eigenvalue weighted by atomic mass is 19.4. The molecular weight excluding hydrogens is 341 g/mol. The molecule has 1 fully saturated rings. The molecule has 9 heteroatoms. The van der Waals surface area contributed by atoms with Gasteiger partial charge < -0.3 is 19.7 Å². The average molecular weight is 360 g/mol. The van der Waals surface area contributed by atoms with Crippen molar-refractivity contribution in [1.82, 2.24) is 10.2 Å². The molecule has 0 aromatic heterocycles. The van der Waals surface area contributed by atoms with E-state index in [4.69, 9.17) is 4.74 Å². The van der Waals surface area contributed by atoms with Gasteiger partial charge >= 0.3 is 12.1 Å². The van der Waals surface area contributed by atoms with Crippen molar-refractivity contribution >= 4 is 18.1 Å². The molecule has 2 aliphatic rings. The first kappa shape index (κ1) is 19.2. The maximum absolute atomic E-state index is 12.7. The molecule has 0 spiro atoms. The lowest BCUT2D eigenvalue weighted by Gasteiger charge is -2.31. The van der Waals surface area contributed by atoms with Gasteiger partial charge in [0.1, 0.15) is 11.9 Å². The van der Waals surface area contributed by atoms with Gasteiger partial charge in [0.2, 0.25) is 5.91 Å². The van der Waals surface area contributed by atoms with Crippen molar-refractivity contribution in [3.8, 4) is 0 Å². The van der Waals surface area contributed by atoms with E-state index >= 15 is 0 Å². The maximum atomic E-state index is 12.7. The normalized spacial score (nSPS) is 31.1. The molecule has 0 aromatic carbocycles. The Morgan fingerprint density at radius 2 is 2.04 bits per heavy atom. The summed E-state index contributed by atoms with van der Waals surface area (Å²) in [6.07, 6.45) is -0.549. The van der Waals surface area contributed by atoms with Gasteiger partial charge in [0.15, 0.2) is 0 Å². The van der Waals surface area contributed by atoms with E-state index in [0.717, 1.165) is 0 Å². The summed E-state index contributed by atoms with van der Waals surface area (Å²) in [4.78, 5) is 36.7. The Hall–Kier alpha value is -2.16. The van der Waals surface area contributed by atoms with Crippen LogP contribution in [-0.2, 0) is 19.1 Å². The lowest BCUT2D eigenvalue weighted by molar-refractivity contribution is -0.174. The number of rotatable bonds is 5. The second kappa shape index (κ2) is 6.62. The van der Waals surface area contributed by atoms with Crippen LogP contribution in [0.4, 0.5) is 13.2 Å². The van der Waals surface area contributed by atoms with Crippen molar-refractivity contribution in [2.75, 3.05) is 13.6 Å². The fourth-order valence-electron chi connectivity index (χ4n) is 3.10. The first-order valence-electron chi connectivity index (χ1n) is 7.65. The molecule has 25 heavy (non-hydrogen) atoms. The van der Waals surface area contributed by atoms with Crippen molar-refractivity contribution in [2.24, 2.45) is 11.8 Å². The Balaban J connectivity index is 2.21. The average Bonchev–Trinajstić information content (AvgIpc) is 3.12. The van der Waals surface area contributed by atoms with Crippen LogP contribution >= 0.6 is 0 Å². The molecule has 138 valence electrons. The minimum atomic E-state index is -5.04. The van der Waals surface area contributed by atoms with E-state index in [1.807, 2.05) is 0 Å². The number of hydrogen-bond donors (Lipinski definition) is 1. The molecule has 0 saturated carbocycles. The second-order valence-electron chi connectivity index (χ2n) is 6.09. The first-order valence-corrected chi connectivity index (χ1v) is 7.65. The lowest BCUT2D eigenvalue weighted by Crippen LogP contribution is -2.51. The standard InChI is InChI=1S/C16H19F3N2O4/c1-4-9(2)21(3)13(23)12-10(7-22)15(6-5-11(12)25-15)8-20-14(24)16(17,18)19/h4-7,10-12H,8H2,1-3H3,(H,20,24)/b9-4+. The monoisotopic (exact) mass is 360 g/mol. The smallest absolute Gasteiger partial charge is 0.360 e. The first-order chi connectivity index (χ1) is 11.6. The maximum Gasteiger partial charge on any atom is 0.471 e. The van der Waals surface area contributed by atoms with Crippen LogP contribution in [0.3, 0.4) is 0 Å². The Bertz CT molecular complexity index is 644. The highest BCUT2D eigenvalue weighted by Crippen LogP contribution is 2.46. The van der Waals surface area contributed by atoms with E-state index < -0.39 is 42.2 Å². The predicted molar refractivity (Wildman–Crippen MR) is 81.1 cm³/mol. The molecule has 0 aromatic rings. The van der Waals surface area contributed by atoms with Crippen molar-refractivity contribution < 1.29 is 32.3 Å². The third kappa shape index (κ3) is 3.33. The van der Waals surface area contributed by atoms with Crippen LogP contribution in [0.15, 0.2) is 23.9 Å². The molecule has 2 bridgehead atoms. The third-order valence-electron chi connectivity index (χ3n) is 4.72. The third-order valence-corrected chi connectivity index (χ3v) is 4.72. The highest BCUT2D eigenvalue weighted by Gasteiger charge is 2.59. The van der Waals surface area contributed by atoms with E-state index in [0.29, 0.717) is 12.0 Å². The van der Waals surface area contributed by atoms with Crippen LogP contribution in [-0.4, -0.2) is 54.5 Å². The van der Waals surface area contributed by atoms with Gasteiger partial charge in [-0.25, -0.2) is 0 Å². The van der Waals surface area contributed by atoms with Crippen LogP contribution in [0.5, 0.6) is 0 Å². The minimum Gasteiger partial charge on any atom is -0.360 e. The van der Waals surface area contributed by atoms with Crippen molar-refractivity contribution in [3.63, 3.8) is 0 Å². The van der Waals surface area contributed by atoms with E-state index in [-0.39, 0.29) is 5.91 Å². The number of carbonyl (C=O) groups excluding carboxylic acids is 3. The second-order valence-corrected chi connectivity index (χ2v) is 6.09. The van der Waals surface area contributed by atoms with Gasteiger partial charge in [-0.15, -0.1) is 0 Å². The summed E-state index contributed by atoms with van der Waals surface area (Å²) < 4.78 is 42.7. The van der Waals surface area contributed by atoms with Crippen molar-refractivity contribution in [2.45, 2.75) is 31.7 Å². The number of alkyl halides is 3. The van der Waals surface area contributed by atoms with Crippen LogP contribution < -0.4 is 5.32 Å². The number of amides is 2. The topological polar surface area (TPSA) is 75.7 Å². The molecule has 4 atom stereocenters. The molecule has 1 N–H and O–H groups in total. The number of nitrogens with zero attached hydrogens (tertiary/aromatic N) is 1. The summed E-state index contributed by atoms with van der Waals surface area (Å²) in [5.41, 5.74) is -0.779. The summed E-state index contributed by atoms with van der Waals surface area (Å²) in [5.74, 6) is -4.34. The van der Waals surface area contributed by atoms with Gasteiger partial charge in [-0.1, -0.05) is 18.2 Å². The summed E-state index contributed by atoms with van der Waals surface area (Å²) >= 11 is 0. The van der Waals surface area contributed by atoms with Crippen LogP contribution in [0.1, 0.15) is 13.8 Å². The SMILES string of the molecule is C/C=C(\C)N(C)C(=O)C1C2C=CC(CNC(=O)C(F)(F)F)(O2)C1C=O. The highest BCUT2D eigenvalue weighted by molar-refractivity contribution is 5.86. The molecule has 0 aliphatic carbocycles. The number of allylic oxidation sites excluding steroid dienone is 2. The molecular formula is C16H19F3N2O4. The Labute approximate surface area is 142 Å².